The average Bonchev–Trinajstić information content (AvgIpc) is 2.78. The van der Waals surface area contributed by atoms with E-state index in [1.165, 1.54) is 4.90 Å². The van der Waals surface area contributed by atoms with Crippen molar-refractivity contribution in [3.63, 3.8) is 0 Å². The van der Waals surface area contributed by atoms with Gasteiger partial charge in [-0.1, -0.05) is 0 Å². The van der Waals surface area contributed by atoms with E-state index in [9.17, 15) is 13.6 Å². The zero-order valence-electron chi connectivity index (χ0n) is 12.1. The first-order chi connectivity index (χ1) is 9.81. The van der Waals surface area contributed by atoms with Crippen molar-refractivity contribution in [1.82, 2.24) is 9.47 Å². The molecule has 1 aromatic carbocycles. The van der Waals surface area contributed by atoms with Crippen molar-refractivity contribution in [3.05, 3.63) is 53.4 Å². The van der Waals surface area contributed by atoms with Crippen LogP contribution in [0.15, 0.2) is 30.5 Å². The van der Waals surface area contributed by atoms with Crippen LogP contribution in [0.3, 0.4) is 0 Å². The fourth-order valence-electron chi connectivity index (χ4n) is 2.20. The van der Waals surface area contributed by atoms with Gasteiger partial charge in [0.2, 0.25) is 0 Å². The van der Waals surface area contributed by atoms with Gasteiger partial charge in [0.05, 0.1) is 11.7 Å². The minimum atomic E-state index is -0.607. The Labute approximate surface area is 121 Å². The van der Waals surface area contributed by atoms with Gasteiger partial charge in [-0.2, -0.15) is 0 Å². The Kier molecular flexibility index (Phi) is 3.97. The van der Waals surface area contributed by atoms with E-state index >= 15 is 0 Å². The number of anilines is 1. The number of benzene rings is 1. The van der Waals surface area contributed by atoms with Gasteiger partial charge < -0.3 is 15.2 Å². The first kappa shape index (κ1) is 15.0. The summed E-state index contributed by atoms with van der Waals surface area (Å²) >= 11 is 0. The maximum absolute atomic E-state index is 13.8. The van der Waals surface area contributed by atoms with Gasteiger partial charge in [0.15, 0.2) is 0 Å². The van der Waals surface area contributed by atoms with Gasteiger partial charge in [-0.05, 0) is 31.2 Å². The smallest absolute Gasteiger partial charge is 0.270 e. The number of aryl methyl sites for hydroxylation is 1. The maximum atomic E-state index is 13.8. The highest BCUT2D eigenvalue weighted by molar-refractivity contribution is 5.93. The highest BCUT2D eigenvalue weighted by Gasteiger charge is 2.23. The van der Waals surface area contributed by atoms with Gasteiger partial charge in [0.1, 0.15) is 17.3 Å². The van der Waals surface area contributed by atoms with Crippen LogP contribution >= 0.6 is 0 Å². The van der Waals surface area contributed by atoms with E-state index in [0.29, 0.717) is 11.4 Å². The third-order valence-corrected chi connectivity index (χ3v) is 3.55. The predicted molar refractivity (Wildman–Crippen MR) is 76.7 cm³/mol. The number of hydrogen-bond donors (Lipinski definition) is 1. The number of aromatic nitrogens is 1. The van der Waals surface area contributed by atoms with Crippen molar-refractivity contribution in [1.29, 1.82) is 0 Å². The van der Waals surface area contributed by atoms with Crippen molar-refractivity contribution < 1.29 is 13.6 Å². The summed E-state index contributed by atoms with van der Waals surface area (Å²) in [7, 11) is 3.24. The average molecular weight is 293 g/mol. The lowest BCUT2D eigenvalue weighted by Gasteiger charge is -2.25. The van der Waals surface area contributed by atoms with Gasteiger partial charge in [0, 0.05) is 25.9 Å². The molecule has 0 radical (unpaired) electrons. The Morgan fingerprint density at radius 3 is 2.57 bits per heavy atom. The molecule has 1 aromatic heterocycles. The summed E-state index contributed by atoms with van der Waals surface area (Å²) in [4.78, 5) is 13.8. The molecular formula is C15H17F2N3O. The molecule has 0 saturated carbocycles. The lowest BCUT2D eigenvalue weighted by atomic mass is 10.1. The number of halogens is 2. The molecule has 4 nitrogen and oxygen atoms in total. The number of amides is 1. The molecule has 2 N–H and O–H groups in total. The van der Waals surface area contributed by atoms with E-state index in [4.69, 9.17) is 5.73 Å². The molecule has 2 rings (SSSR count). The summed E-state index contributed by atoms with van der Waals surface area (Å²) in [5.74, 6) is -1.40. The van der Waals surface area contributed by atoms with Crippen LogP contribution < -0.4 is 5.73 Å². The van der Waals surface area contributed by atoms with Crippen LogP contribution in [0, 0.1) is 11.6 Å². The van der Waals surface area contributed by atoms with Gasteiger partial charge in [-0.25, -0.2) is 8.78 Å². The lowest BCUT2D eigenvalue weighted by Crippen LogP contribution is -2.31. The lowest BCUT2D eigenvalue weighted by molar-refractivity contribution is 0.0730. The van der Waals surface area contributed by atoms with Crippen molar-refractivity contribution in [2.45, 2.75) is 13.0 Å². The van der Waals surface area contributed by atoms with Crippen molar-refractivity contribution in [2.24, 2.45) is 7.05 Å². The molecule has 1 unspecified atom stereocenters. The molecule has 0 aliphatic carbocycles. The molecule has 0 fully saturated rings. The van der Waals surface area contributed by atoms with E-state index in [2.05, 4.69) is 0 Å². The first-order valence-electron chi connectivity index (χ1n) is 6.45. The number of hydrogen-bond acceptors (Lipinski definition) is 2. The second-order valence-corrected chi connectivity index (χ2v) is 5.03. The van der Waals surface area contributed by atoms with Gasteiger partial charge in [-0.3, -0.25) is 4.79 Å². The molecule has 6 heteroatoms. The maximum Gasteiger partial charge on any atom is 0.270 e. The molecule has 1 atom stereocenters. The minimum absolute atomic E-state index is 0.132. The second kappa shape index (κ2) is 5.55. The first-order valence-corrected chi connectivity index (χ1v) is 6.45. The van der Waals surface area contributed by atoms with Gasteiger partial charge in [-0.15, -0.1) is 0 Å². The van der Waals surface area contributed by atoms with Crippen LogP contribution in [0.5, 0.6) is 0 Å². The molecule has 0 spiro atoms. The fourth-order valence-corrected chi connectivity index (χ4v) is 2.20. The summed E-state index contributed by atoms with van der Waals surface area (Å²) < 4.78 is 28.7. The molecule has 0 saturated heterocycles. The van der Waals surface area contributed by atoms with E-state index < -0.39 is 17.7 Å². The van der Waals surface area contributed by atoms with Crippen LogP contribution in [0.4, 0.5) is 14.5 Å². The normalized spacial score (nSPS) is 12.2. The molecule has 1 heterocycles. The quantitative estimate of drug-likeness (QED) is 0.946. The Hall–Kier alpha value is -2.37. The van der Waals surface area contributed by atoms with Crippen LogP contribution in [-0.4, -0.2) is 22.4 Å². The van der Waals surface area contributed by atoms with Crippen molar-refractivity contribution in [2.75, 3.05) is 12.8 Å². The monoisotopic (exact) mass is 293 g/mol. The number of nitrogens with zero attached hydrogens (tertiary/aromatic N) is 2. The Balaban J connectivity index is 2.30. The van der Waals surface area contributed by atoms with E-state index in [1.807, 2.05) is 0 Å². The summed E-state index contributed by atoms with van der Waals surface area (Å²) in [6.45, 7) is 1.64. The SMILES string of the molecule is CC(c1cc(F)ccc1F)N(C)C(=O)c1cc(N)cn1C. The third-order valence-electron chi connectivity index (χ3n) is 3.55. The van der Waals surface area contributed by atoms with Crippen LogP contribution in [-0.2, 0) is 7.05 Å². The van der Waals surface area contributed by atoms with Crippen molar-refractivity contribution in [3.8, 4) is 0 Å². The minimum Gasteiger partial charge on any atom is -0.397 e. The zero-order valence-corrected chi connectivity index (χ0v) is 12.1. The third kappa shape index (κ3) is 2.89. The molecule has 112 valence electrons. The Morgan fingerprint density at radius 2 is 2.00 bits per heavy atom. The zero-order chi connectivity index (χ0) is 15.7. The molecule has 0 aliphatic rings. The molecule has 21 heavy (non-hydrogen) atoms. The molecule has 0 bridgehead atoms. The molecule has 1 amide bonds. The van der Waals surface area contributed by atoms with Crippen LogP contribution in [0.1, 0.15) is 29.0 Å². The Bertz CT molecular complexity index is 682. The highest BCUT2D eigenvalue weighted by atomic mass is 19.1. The topological polar surface area (TPSA) is 51.3 Å². The highest BCUT2D eigenvalue weighted by Crippen LogP contribution is 2.24. The van der Waals surface area contributed by atoms with Crippen LogP contribution in [0.2, 0.25) is 0 Å². The van der Waals surface area contributed by atoms with Crippen molar-refractivity contribution >= 4 is 11.6 Å². The summed E-state index contributed by atoms with van der Waals surface area (Å²) in [5.41, 5.74) is 6.64. The predicted octanol–water partition coefficient (Wildman–Crippen LogP) is 2.72. The van der Waals surface area contributed by atoms with E-state index in [0.717, 1.165) is 18.2 Å². The number of nitrogens with two attached hydrogens (primary N) is 1. The summed E-state index contributed by atoms with van der Waals surface area (Å²) in [6, 6.07) is 4.14. The standard InChI is InChI=1S/C15H17F2N3O/c1-9(12-6-10(16)4-5-13(12)17)20(3)15(21)14-7-11(18)8-19(14)2/h4-9H,18H2,1-3H3. The fraction of sp³-hybridized carbons (Fsp3) is 0.267. The van der Waals surface area contributed by atoms with Gasteiger partial charge in [0.25, 0.3) is 5.91 Å². The number of rotatable bonds is 3. The number of nitrogen functional groups attached to an aromatic ring is 1. The van der Waals surface area contributed by atoms with Crippen LogP contribution in [0.25, 0.3) is 0 Å². The second-order valence-electron chi connectivity index (χ2n) is 5.03. The number of carbonyl (C=O) groups is 1. The van der Waals surface area contributed by atoms with Gasteiger partial charge >= 0.3 is 0 Å². The molecular weight excluding hydrogens is 276 g/mol. The summed E-state index contributed by atoms with van der Waals surface area (Å²) in [6.07, 6.45) is 1.62. The van der Waals surface area contributed by atoms with E-state index in [1.54, 1.807) is 37.8 Å². The molecule has 2 aromatic rings. The Morgan fingerprint density at radius 1 is 1.33 bits per heavy atom. The number of carbonyl (C=O) groups excluding carboxylic acids is 1. The summed E-state index contributed by atoms with van der Waals surface area (Å²) in [5, 5.41) is 0. The largest absolute Gasteiger partial charge is 0.397 e. The van der Waals surface area contributed by atoms with E-state index in [-0.39, 0.29) is 11.5 Å². The molecule has 0 aliphatic heterocycles.